The Morgan fingerprint density at radius 1 is 1.10 bits per heavy atom. The number of nitrogens with one attached hydrogen (secondary N) is 1. The van der Waals surface area contributed by atoms with Crippen molar-refractivity contribution in [1.82, 2.24) is 9.97 Å². The highest BCUT2D eigenvalue weighted by Crippen LogP contribution is 2.36. The third-order valence-electron chi connectivity index (χ3n) is 4.15. The average Bonchev–Trinajstić information content (AvgIpc) is 3.19. The molecular formula is C22H19N3O2S2. The topological polar surface area (TPSA) is 64.1 Å². The van der Waals surface area contributed by atoms with E-state index in [0.717, 1.165) is 25.7 Å². The van der Waals surface area contributed by atoms with E-state index in [1.165, 1.54) is 11.8 Å². The molecule has 0 aliphatic heterocycles. The first-order valence-electron chi connectivity index (χ1n) is 9.19. The largest absolute Gasteiger partial charge is 0.492 e. The molecular weight excluding hydrogens is 402 g/mol. The molecule has 5 nitrogen and oxygen atoms in total. The highest BCUT2D eigenvalue weighted by molar-refractivity contribution is 8.00. The van der Waals surface area contributed by atoms with Gasteiger partial charge in [0.15, 0.2) is 0 Å². The van der Waals surface area contributed by atoms with Gasteiger partial charge in [0, 0.05) is 10.3 Å². The SMILES string of the molecule is CCOc1ccccc1NC(=O)CSc1ncnc2sc(-c3ccccc3)cc12. The summed E-state index contributed by atoms with van der Waals surface area (Å²) < 4.78 is 5.56. The Morgan fingerprint density at radius 3 is 2.72 bits per heavy atom. The highest BCUT2D eigenvalue weighted by atomic mass is 32.2. The number of amides is 1. The summed E-state index contributed by atoms with van der Waals surface area (Å²) in [7, 11) is 0. The van der Waals surface area contributed by atoms with Gasteiger partial charge >= 0.3 is 0 Å². The molecule has 4 rings (SSSR count). The lowest BCUT2D eigenvalue weighted by molar-refractivity contribution is -0.113. The predicted octanol–water partition coefficient (Wildman–Crippen LogP) is 5.49. The van der Waals surface area contributed by atoms with Crippen LogP contribution in [0.1, 0.15) is 6.92 Å². The molecule has 0 saturated heterocycles. The number of thioether (sulfide) groups is 1. The molecule has 1 amide bonds. The number of thiophene rings is 1. The van der Waals surface area contributed by atoms with E-state index in [-0.39, 0.29) is 11.7 Å². The van der Waals surface area contributed by atoms with Crippen LogP contribution in [0.3, 0.4) is 0 Å². The van der Waals surface area contributed by atoms with Gasteiger partial charge in [0.2, 0.25) is 5.91 Å². The molecule has 0 bridgehead atoms. The Kier molecular flexibility index (Phi) is 6.07. The number of fused-ring (bicyclic) bond motifs is 1. The Morgan fingerprint density at radius 2 is 1.90 bits per heavy atom. The van der Waals surface area contributed by atoms with Crippen molar-refractivity contribution in [2.45, 2.75) is 11.9 Å². The fourth-order valence-corrected chi connectivity index (χ4v) is 4.71. The zero-order chi connectivity index (χ0) is 20.1. The summed E-state index contributed by atoms with van der Waals surface area (Å²) in [5.41, 5.74) is 1.83. The van der Waals surface area contributed by atoms with Crippen molar-refractivity contribution < 1.29 is 9.53 Å². The fraction of sp³-hybridized carbons (Fsp3) is 0.136. The van der Waals surface area contributed by atoms with Crippen molar-refractivity contribution in [3.63, 3.8) is 0 Å². The van der Waals surface area contributed by atoms with Gasteiger partial charge in [-0.25, -0.2) is 9.97 Å². The van der Waals surface area contributed by atoms with E-state index in [4.69, 9.17) is 4.74 Å². The monoisotopic (exact) mass is 421 g/mol. The molecule has 0 fully saturated rings. The number of aromatic nitrogens is 2. The predicted molar refractivity (Wildman–Crippen MR) is 120 cm³/mol. The molecule has 146 valence electrons. The van der Waals surface area contributed by atoms with E-state index in [1.54, 1.807) is 17.7 Å². The first kappa shape index (κ1) is 19.4. The third-order valence-corrected chi connectivity index (χ3v) is 6.25. The van der Waals surface area contributed by atoms with Crippen molar-refractivity contribution in [2.24, 2.45) is 0 Å². The smallest absolute Gasteiger partial charge is 0.234 e. The van der Waals surface area contributed by atoms with Gasteiger partial charge in [0.1, 0.15) is 21.9 Å². The van der Waals surface area contributed by atoms with Crippen LogP contribution >= 0.6 is 23.1 Å². The number of anilines is 1. The first-order chi connectivity index (χ1) is 14.2. The minimum Gasteiger partial charge on any atom is -0.492 e. The maximum atomic E-state index is 12.5. The number of para-hydroxylation sites is 2. The molecule has 0 atom stereocenters. The van der Waals surface area contributed by atoms with Crippen LogP contribution in [0.5, 0.6) is 5.75 Å². The third kappa shape index (κ3) is 4.58. The number of carbonyl (C=O) groups excluding carboxylic acids is 1. The Balaban J connectivity index is 1.48. The lowest BCUT2D eigenvalue weighted by Crippen LogP contribution is -2.15. The van der Waals surface area contributed by atoms with Crippen molar-refractivity contribution in [1.29, 1.82) is 0 Å². The first-order valence-corrected chi connectivity index (χ1v) is 11.0. The summed E-state index contributed by atoms with van der Waals surface area (Å²) in [6, 6.07) is 19.7. The van der Waals surface area contributed by atoms with Gasteiger partial charge in [-0.3, -0.25) is 4.79 Å². The van der Waals surface area contributed by atoms with Gasteiger partial charge in [-0.05, 0) is 30.7 Å². The number of nitrogens with zero attached hydrogens (tertiary/aromatic N) is 2. The number of rotatable bonds is 7. The number of hydrogen-bond acceptors (Lipinski definition) is 6. The Hall–Kier alpha value is -2.90. The van der Waals surface area contributed by atoms with Crippen molar-refractivity contribution >= 4 is 44.9 Å². The highest BCUT2D eigenvalue weighted by Gasteiger charge is 2.13. The summed E-state index contributed by atoms with van der Waals surface area (Å²) in [6.07, 6.45) is 1.55. The van der Waals surface area contributed by atoms with Crippen LogP contribution in [0, 0.1) is 0 Å². The quantitative estimate of drug-likeness (QED) is 0.316. The van der Waals surface area contributed by atoms with Crippen LogP contribution in [-0.2, 0) is 4.79 Å². The van der Waals surface area contributed by atoms with Crippen molar-refractivity contribution in [3.8, 4) is 16.2 Å². The average molecular weight is 422 g/mol. The van der Waals surface area contributed by atoms with Crippen LogP contribution in [0.25, 0.3) is 20.7 Å². The van der Waals surface area contributed by atoms with Gasteiger partial charge < -0.3 is 10.1 Å². The van der Waals surface area contributed by atoms with E-state index in [1.807, 2.05) is 49.4 Å². The van der Waals surface area contributed by atoms with E-state index in [9.17, 15) is 4.79 Å². The molecule has 2 heterocycles. The van der Waals surface area contributed by atoms with Gasteiger partial charge in [-0.2, -0.15) is 0 Å². The lowest BCUT2D eigenvalue weighted by Gasteiger charge is -2.11. The second kappa shape index (κ2) is 9.07. The number of benzene rings is 2. The molecule has 2 aromatic heterocycles. The molecule has 0 aliphatic carbocycles. The van der Waals surface area contributed by atoms with Crippen LogP contribution in [0.2, 0.25) is 0 Å². The van der Waals surface area contributed by atoms with Gasteiger partial charge in [0.05, 0.1) is 18.0 Å². The Labute approximate surface area is 177 Å². The number of carbonyl (C=O) groups is 1. The van der Waals surface area contributed by atoms with Gasteiger partial charge in [-0.15, -0.1) is 11.3 Å². The molecule has 1 N–H and O–H groups in total. The van der Waals surface area contributed by atoms with E-state index in [0.29, 0.717) is 18.0 Å². The maximum absolute atomic E-state index is 12.5. The summed E-state index contributed by atoms with van der Waals surface area (Å²) in [5, 5.41) is 4.70. The molecule has 0 spiro atoms. The molecule has 2 aromatic carbocycles. The summed E-state index contributed by atoms with van der Waals surface area (Å²) in [6.45, 7) is 2.46. The molecule has 4 aromatic rings. The zero-order valence-corrected chi connectivity index (χ0v) is 17.4. The summed E-state index contributed by atoms with van der Waals surface area (Å²) >= 11 is 3.04. The summed E-state index contributed by atoms with van der Waals surface area (Å²) in [4.78, 5) is 23.3. The minimum atomic E-state index is -0.104. The van der Waals surface area contributed by atoms with Crippen LogP contribution in [0.15, 0.2) is 72.0 Å². The molecule has 29 heavy (non-hydrogen) atoms. The van der Waals surface area contributed by atoms with E-state index < -0.39 is 0 Å². The van der Waals surface area contributed by atoms with Gasteiger partial charge in [-0.1, -0.05) is 54.2 Å². The molecule has 0 aliphatic rings. The zero-order valence-electron chi connectivity index (χ0n) is 15.8. The van der Waals surface area contributed by atoms with Crippen molar-refractivity contribution in [2.75, 3.05) is 17.7 Å². The second-order valence-corrected chi connectivity index (χ2v) is 8.14. The van der Waals surface area contributed by atoms with Gasteiger partial charge in [0.25, 0.3) is 0 Å². The summed E-state index contributed by atoms with van der Waals surface area (Å²) in [5.74, 6) is 0.818. The van der Waals surface area contributed by atoms with E-state index >= 15 is 0 Å². The number of hydrogen-bond donors (Lipinski definition) is 1. The molecule has 7 heteroatoms. The second-order valence-electron chi connectivity index (χ2n) is 6.14. The fourth-order valence-electron chi connectivity index (χ4n) is 2.86. The molecule has 0 unspecified atom stereocenters. The lowest BCUT2D eigenvalue weighted by atomic mass is 10.2. The van der Waals surface area contributed by atoms with Crippen LogP contribution in [0.4, 0.5) is 5.69 Å². The van der Waals surface area contributed by atoms with E-state index in [2.05, 4.69) is 33.5 Å². The maximum Gasteiger partial charge on any atom is 0.234 e. The Bertz CT molecular complexity index is 1130. The number of ether oxygens (including phenoxy) is 1. The molecule has 0 radical (unpaired) electrons. The van der Waals surface area contributed by atoms with Crippen LogP contribution < -0.4 is 10.1 Å². The van der Waals surface area contributed by atoms with Crippen LogP contribution in [-0.4, -0.2) is 28.2 Å². The van der Waals surface area contributed by atoms with Crippen molar-refractivity contribution in [3.05, 3.63) is 67.0 Å². The molecule has 0 saturated carbocycles. The minimum absolute atomic E-state index is 0.104. The standard InChI is InChI=1S/C22H19N3O2S2/c1-2-27-18-11-7-6-10-17(18)25-20(26)13-28-21-16-12-19(15-8-4-3-5-9-15)29-22(16)24-14-23-21/h3-12,14H,2,13H2,1H3,(H,25,26). The normalized spacial score (nSPS) is 10.8.